The molecule has 1 N–H and O–H groups in total. The van der Waals surface area contributed by atoms with Gasteiger partial charge in [0.2, 0.25) is 0 Å². The van der Waals surface area contributed by atoms with E-state index in [1.54, 1.807) is 28.3 Å². The van der Waals surface area contributed by atoms with Gasteiger partial charge in [-0.25, -0.2) is 4.98 Å². The number of β-amino-alcohol motifs (C(OH)–C–C–N with tert-alkyl or cyclic N) is 1. The minimum atomic E-state index is -4.52. The Hall–Kier alpha value is -3.83. The number of fused-ring (bicyclic) bond motifs is 2. The summed E-state index contributed by atoms with van der Waals surface area (Å²) in [5.41, 5.74) is 2.44. The third-order valence-electron chi connectivity index (χ3n) is 6.86. The lowest BCUT2D eigenvalue weighted by atomic mass is 10.1. The predicted molar refractivity (Wildman–Crippen MR) is 132 cm³/mol. The van der Waals surface area contributed by atoms with Gasteiger partial charge in [-0.1, -0.05) is 24.3 Å². The molecule has 2 unspecified atom stereocenters. The van der Waals surface area contributed by atoms with Gasteiger partial charge in [0.25, 0.3) is 0 Å². The molecule has 8 nitrogen and oxygen atoms in total. The maximum atomic E-state index is 14.2. The minimum Gasteiger partial charge on any atom is -0.389 e. The fourth-order valence-corrected chi connectivity index (χ4v) is 5.04. The molecule has 6 rings (SSSR count). The normalized spacial score (nSPS) is 19.7. The number of hydrogen-bond acceptors (Lipinski definition) is 6. The molecular weight excluding hydrogens is 483 g/mol. The average Bonchev–Trinajstić information content (AvgIpc) is 3.55. The average molecular weight is 508 g/mol. The molecule has 37 heavy (non-hydrogen) atoms. The van der Waals surface area contributed by atoms with Crippen LogP contribution in [0.5, 0.6) is 0 Å². The maximum absolute atomic E-state index is 14.2. The SMILES string of the molecule is Cn1cc(-c2ccc3ccc(-c4nnc5ccc(C(N6CCC(C)(O)C6)C(F)(F)F)cn45)nc3c2)cn1. The first-order chi connectivity index (χ1) is 17.6. The number of aryl methyl sites for hydroxylation is 1. The van der Waals surface area contributed by atoms with E-state index in [1.165, 1.54) is 23.2 Å². The zero-order chi connectivity index (χ0) is 25.9. The highest BCUT2D eigenvalue weighted by atomic mass is 19.4. The Bertz CT molecular complexity index is 1620. The van der Waals surface area contributed by atoms with Crippen molar-refractivity contribution in [1.29, 1.82) is 0 Å². The van der Waals surface area contributed by atoms with Crippen LogP contribution in [0, 0.1) is 0 Å². The number of alkyl halides is 3. The minimum absolute atomic E-state index is 0.0541. The zero-order valence-electron chi connectivity index (χ0n) is 20.2. The van der Waals surface area contributed by atoms with Crippen LogP contribution >= 0.6 is 0 Å². The van der Waals surface area contributed by atoms with E-state index in [2.05, 4.69) is 15.3 Å². The van der Waals surface area contributed by atoms with E-state index in [-0.39, 0.29) is 25.1 Å². The van der Waals surface area contributed by atoms with Gasteiger partial charge in [-0.15, -0.1) is 10.2 Å². The standard InChI is InChI=1S/C26H24F3N7O/c1-25(37)9-10-35(15-25)23(26(27,28)29)18-6-8-22-32-33-24(36(22)14-18)20-7-5-16-3-4-17(11-21(16)31-20)19-12-30-34(2)13-19/h3-8,11-14,23,37H,9-10,15H2,1-2H3. The molecule has 0 radical (unpaired) electrons. The number of pyridine rings is 2. The molecule has 5 heterocycles. The molecule has 0 bridgehead atoms. The molecule has 0 spiro atoms. The Kier molecular flexibility index (Phi) is 5.32. The predicted octanol–water partition coefficient (Wildman–Crippen LogP) is 4.41. The van der Waals surface area contributed by atoms with Crippen LogP contribution in [0.2, 0.25) is 0 Å². The number of nitrogens with zero attached hydrogens (tertiary/aromatic N) is 7. The number of hydrogen-bond donors (Lipinski definition) is 1. The Morgan fingerprint density at radius 1 is 1.03 bits per heavy atom. The molecule has 190 valence electrons. The highest BCUT2D eigenvalue weighted by molar-refractivity contribution is 5.85. The summed E-state index contributed by atoms with van der Waals surface area (Å²) in [5.74, 6) is 0.347. The van der Waals surface area contributed by atoms with Crippen LogP contribution < -0.4 is 0 Å². The van der Waals surface area contributed by atoms with Gasteiger partial charge in [0.05, 0.1) is 17.3 Å². The second-order valence-electron chi connectivity index (χ2n) is 9.88. The Morgan fingerprint density at radius 2 is 1.84 bits per heavy atom. The summed E-state index contributed by atoms with van der Waals surface area (Å²) in [4.78, 5) is 6.04. The van der Waals surface area contributed by atoms with Crippen LogP contribution in [0.4, 0.5) is 13.2 Å². The largest absolute Gasteiger partial charge is 0.408 e. The van der Waals surface area contributed by atoms with Crippen LogP contribution in [-0.4, -0.2) is 64.2 Å². The van der Waals surface area contributed by atoms with E-state index in [1.807, 2.05) is 37.5 Å². The number of benzene rings is 1. The van der Waals surface area contributed by atoms with Crippen molar-refractivity contribution < 1.29 is 18.3 Å². The molecule has 11 heteroatoms. The summed E-state index contributed by atoms with van der Waals surface area (Å²) >= 11 is 0. The van der Waals surface area contributed by atoms with Crippen molar-refractivity contribution in [1.82, 2.24) is 34.3 Å². The van der Waals surface area contributed by atoms with Gasteiger partial charge in [0.1, 0.15) is 11.7 Å². The van der Waals surface area contributed by atoms with Crippen LogP contribution in [0.1, 0.15) is 24.9 Å². The van der Waals surface area contributed by atoms with Crippen molar-refractivity contribution in [3.05, 3.63) is 66.6 Å². The van der Waals surface area contributed by atoms with Gasteiger partial charge < -0.3 is 5.11 Å². The van der Waals surface area contributed by atoms with Crippen molar-refractivity contribution in [2.75, 3.05) is 13.1 Å². The molecule has 4 aromatic heterocycles. The molecule has 1 fully saturated rings. The van der Waals surface area contributed by atoms with Crippen molar-refractivity contribution in [3.8, 4) is 22.6 Å². The van der Waals surface area contributed by atoms with Crippen molar-refractivity contribution in [3.63, 3.8) is 0 Å². The molecule has 0 saturated carbocycles. The first-order valence-corrected chi connectivity index (χ1v) is 11.9. The number of rotatable bonds is 4. The monoisotopic (exact) mass is 507 g/mol. The van der Waals surface area contributed by atoms with E-state index < -0.39 is 17.8 Å². The van der Waals surface area contributed by atoms with E-state index in [0.717, 1.165) is 22.0 Å². The molecule has 0 aliphatic carbocycles. The molecule has 1 aliphatic rings. The number of aliphatic hydroxyl groups is 1. The lowest BCUT2D eigenvalue weighted by Crippen LogP contribution is -2.39. The van der Waals surface area contributed by atoms with Crippen molar-refractivity contribution in [2.24, 2.45) is 7.05 Å². The van der Waals surface area contributed by atoms with Crippen molar-refractivity contribution in [2.45, 2.75) is 31.2 Å². The van der Waals surface area contributed by atoms with E-state index in [4.69, 9.17) is 4.98 Å². The van der Waals surface area contributed by atoms with Gasteiger partial charge in [-0.2, -0.15) is 18.3 Å². The summed E-state index contributed by atoms with van der Waals surface area (Å²) in [7, 11) is 1.85. The van der Waals surface area contributed by atoms with Crippen LogP contribution in [0.3, 0.4) is 0 Å². The van der Waals surface area contributed by atoms with Gasteiger partial charge in [-0.05, 0) is 42.7 Å². The fraction of sp³-hybridized carbons (Fsp3) is 0.308. The highest BCUT2D eigenvalue weighted by Crippen LogP contribution is 2.41. The molecule has 0 amide bonds. The second kappa shape index (κ2) is 8.35. The smallest absolute Gasteiger partial charge is 0.389 e. The lowest BCUT2D eigenvalue weighted by Gasteiger charge is -2.30. The second-order valence-corrected chi connectivity index (χ2v) is 9.88. The lowest BCUT2D eigenvalue weighted by molar-refractivity contribution is -0.185. The molecule has 1 saturated heterocycles. The third kappa shape index (κ3) is 4.34. The number of likely N-dealkylation sites (tertiary alicyclic amines) is 1. The van der Waals surface area contributed by atoms with E-state index in [9.17, 15) is 18.3 Å². The first kappa shape index (κ1) is 23.6. The molecule has 1 aliphatic heterocycles. The molecular formula is C26H24F3N7O. The van der Waals surface area contributed by atoms with E-state index >= 15 is 0 Å². The van der Waals surface area contributed by atoms with Gasteiger partial charge >= 0.3 is 6.18 Å². The van der Waals surface area contributed by atoms with Crippen molar-refractivity contribution >= 4 is 16.6 Å². The van der Waals surface area contributed by atoms with Gasteiger partial charge in [0, 0.05) is 43.5 Å². The molecule has 1 aromatic carbocycles. The van der Waals surface area contributed by atoms with Gasteiger partial charge in [-0.3, -0.25) is 14.0 Å². The summed E-state index contributed by atoms with van der Waals surface area (Å²) in [6, 6.07) is 10.7. The zero-order valence-corrected chi connectivity index (χ0v) is 20.2. The molecule has 5 aromatic rings. The highest BCUT2D eigenvalue weighted by Gasteiger charge is 2.48. The maximum Gasteiger partial charge on any atom is 0.408 e. The van der Waals surface area contributed by atoms with Crippen LogP contribution in [0.15, 0.2) is 61.1 Å². The third-order valence-corrected chi connectivity index (χ3v) is 6.86. The number of aromatic nitrogens is 6. The number of halogens is 3. The van der Waals surface area contributed by atoms with Gasteiger partial charge in [0.15, 0.2) is 11.5 Å². The summed E-state index contributed by atoms with van der Waals surface area (Å²) in [6.07, 6.45) is 0.868. The van der Waals surface area contributed by atoms with E-state index in [0.29, 0.717) is 17.2 Å². The Balaban J connectivity index is 1.42. The topological polar surface area (TPSA) is 84.4 Å². The van der Waals surface area contributed by atoms with Crippen LogP contribution in [0.25, 0.3) is 39.2 Å². The first-order valence-electron chi connectivity index (χ1n) is 11.9. The fourth-order valence-electron chi connectivity index (χ4n) is 5.04. The summed E-state index contributed by atoms with van der Waals surface area (Å²) < 4.78 is 46.0. The van der Waals surface area contributed by atoms with Crippen LogP contribution in [-0.2, 0) is 7.05 Å². The quantitative estimate of drug-likeness (QED) is 0.388. The summed E-state index contributed by atoms with van der Waals surface area (Å²) in [6.45, 7) is 1.65. The Morgan fingerprint density at radius 3 is 2.54 bits per heavy atom. The summed E-state index contributed by atoms with van der Waals surface area (Å²) in [5, 5.41) is 23.8. The Labute approximate surface area is 210 Å². The molecule has 2 atom stereocenters.